The lowest BCUT2D eigenvalue weighted by molar-refractivity contribution is -0.144. The van der Waals surface area contributed by atoms with Crippen molar-refractivity contribution in [3.63, 3.8) is 0 Å². The van der Waals surface area contributed by atoms with Gasteiger partial charge >= 0.3 is 0 Å². The molecule has 41 heavy (non-hydrogen) atoms. The molecule has 4 rings (SSSR count). The van der Waals surface area contributed by atoms with Gasteiger partial charge in [0.2, 0.25) is 11.8 Å². The summed E-state index contributed by atoms with van der Waals surface area (Å²) < 4.78 is 20.6. The normalized spacial score (nSPS) is 18.7. The van der Waals surface area contributed by atoms with Crippen molar-refractivity contribution in [1.82, 2.24) is 20.5 Å². The lowest BCUT2D eigenvalue weighted by Crippen LogP contribution is -2.58. The van der Waals surface area contributed by atoms with E-state index in [4.69, 9.17) is 4.74 Å². The Kier molecular flexibility index (Phi) is 9.41. The van der Waals surface area contributed by atoms with E-state index in [9.17, 15) is 18.8 Å². The summed E-state index contributed by atoms with van der Waals surface area (Å²) in [6.07, 6.45) is 2.45. The molecule has 3 amide bonds. The number of amides is 3. The van der Waals surface area contributed by atoms with E-state index >= 15 is 0 Å². The summed E-state index contributed by atoms with van der Waals surface area (Å²) in [7, 11) is 0. The fourth-order valence-electron chi connectivity index (χ4n) is 4.97. The van der Waals surface area contributed by atoms with Gasteiger partial charge in [-0.3, -0.25) is 14.4 Å². The SMILES string of the molecule is Cc1ncsc1-c1ccc(CNC(=O)C2CCCN2C(=O)C(NC(=O)C2(F)CC2)C(C)(C)C)c(OCCC(C)C)c1. The first-order valence-electron chi connectivity index (χ1n) is 14.5. The molecule has 0 radical (unpaired) electrons. The van der Waals surface area contributed by atoms with E-state index in [0.29, 0.717) is 37.7 Å². The van der Waals surface area contributed by atoms with Gasteiger partial charge in [0.15, 0.2) is 5.67 Å². The summed E-state index contributed by atoms with van der Waals surface area (Å²) in [4.78, 5) is 46.5. The topological polar surface area (TPSA) is 101 Å². The number of ether oxygens (including phenoxy) is 1. The van der Waals surface area contributed by atoms with Crippen LogP contribution in [0.4, 0.5) is 4.39 Å². The maximum Gasteiger partial charge on any atom is 0.258 e. The number of benzene rings is 1. The molecule has 1 aromatic heterocycles. The predicted octanol–water partition coefficient (Wildman–Crippen LogP) is 5.18. The molecule has 2 unspecified atom stereocenters. The second kappa shape index (κ2) is 12.5. The molecule has 1 saturated heterocycles. The highest BCUT2D eigenvalue weighted by Crippen LogP contribution is 2.40. The molecule has 10 heteroatoms. The number of nitrogens with one attached hydrogen (secondary N) is 2. The van der Waals surface area contributed by atoms with Gasteiger partial charge in [0.05, 0.1) is 22.7 Å². The first kappa shape index (κ1) is 30.9. The molecule has 2 fully saturated rings. The molecular formula is C31H43FN4O4S. The number of thiazole rings is 1. The van der Waals surface area contributed by atoms with Crippen molar-refractivity contribution in [1.29, 1.82) is 0 Å². The number of hydrogen-bond donors (Lipinski definition) is 2. The van der Waals surface area contributed by atoms with E-state index < -0.39 is 29.1 Å². The Balaban J connectivity index is 1.46. The van der Waals surface area contributed by atoms with Crippen molar-refractivity contribution in [2.75, 3.05) is 13.2 Å². The number of carbonyl (C=O) groups excluding carboxylic acids is 3. The number of likely N-dealkylation sites (tertiary alicyclic amines) is 1. The average Bonchev–Trinajstić information content (AvgIpc) is 3.27. The summed E-state index contributed by atoms with van der Waals surface area (Å²) >= 11 is 1.58. The van der Waals surface area contributed by atoms with Gasteiger partial charge in [0.25, 0.3) is 5.91 Å². The van der Waals surface area contributed by atoms with Crippen LogP contribution in [0, 0.1) is 18.3 Å². The fraction of sp³-hybridized carbons (Fsp3) is 0.613. The Labute approximate surface area is 246 Å². The molecule has 2 N–H and O–H groups in total. The van der Waals surface area contributed by atoms with Crippen molar-refractivity contribution < 1.29 is 23.5 Å². The zero-order chi connectivity index (χ0) is 29.9. The highest BCUT2D eigenvalue weighted by Gasteiger charge is 2.53. The highest BCUT2D eigenvalue weighted by molar-refractivity contribution is 7.13. The zero-order valence-corrected chi connectivity index (χ0v) is 25.8. The van der Waals surface area contributed by atoms with Crippen molar-refractivity contribution in [3.8, 4) is 16.2 Å². The van der Waals surface area contributed by atoms with E-state index in [1.165, 1.54) is 0 Å². The first-order valence-corrected chi connectivity index (χ1v) is 15.4. The number of halogens is 1. The van der Waals surface area contributed by atoms with Gasteiger partial charge in [-0.05, 0) is 62.0 Å². The van der Waals surface area contributed by atoms with Crippen molar-refractivity contribution in [2.45, 2.75) is 97.9 Å². The smallest absolute Gasteiger partial charge is 0.258 e. The van der Waals surface area contributed by atoms with Crippen molar-refractivity contribution >= 4 is 29.1 Å². The van der Waals surface area contributed by atoms with Crippen LogP contribution in [0.15, 0.2) is 23.7 Å². The third-order valence-corrected chi connectivity index (χ3v) is 8.78. The van der Waals surface area contributed by atoms with Gasteiger partial charge in [-0.2, -0.15) is 0 Å². The summed E-state index contributed by atoms with van der Waals surface area (Å²) in [5.41, 5.74) is 2.12. The Morgan fingerprint density at radius 3 is 2.59 bits per heavy atom. The minimum atomic E-state index is -1.88. The van der Waals surface area contributed by atoms with Crippen molar-refractivity contribution in [3.05, 3.63) is 35.0 Å². The van der Waals surface area contributed by atoms with Crippen LogP contribution in [0.1, 0.15) is 78.0 Å². The minimum absolute atomic E-state index is 0.173. The van der Waals surface area contributed by atoms with Crippen LogP contribution in [0.3, 0.4) is 0 Å². The molecular weight excluding hydrogens is 543 g/mol. The first-order chi connectivity index (χ1) is 19.3. The molecule has 2 atom stereocenters. The van der Waals surface area contributed by atoms with Crippen LogP contribution in [-0.2, 0) is 20.9 Å². The summed E-state index contributed by atoms with van der Waals surface area (Å²) in [6, 6.07) is 4.39. The predicted molar refractivity (Wildman–Crippen MR) is 158 cm³/mol. The maximum atomic E-state index is 14.4. The average molecular weight is 587 g/mol. The van der Waals surface area contributed by atoms with Gasteiger partial charge in [-0.25, -0.2) is 9.37 Å². The van der Waals surface area contributed by atoms with Gasteiger partial charge in [0, 0.05) is 18.7 Å². The Morgan fingerprint density at radius 1 is 1.24 bits per heavy atom. The van der Waals surface area contributed by atoms with Crippen LogP contribution in [-0.4, -0.2) is 58.5 Å². The van der Waals surface area contributed by atoms with E-state index in [1.54, 1.807) is 16.2 Å². The van der Waals surface area contributed by atoms with E-state index in [2.05, 4.69) is 29.5 Å². The van der Waals surface area contributed by atoms with Crippen molar-refractivity contribution in [2.24, 2.45) is 11.3 Å². The number of hydrogen-bond acceptors (Lipinski definition) is 6. The Hall–Kier alpha value is -3.01. The Morgan fingerprint density at radius 2 is 1.98 bits per heavy atom. The number of carbonyl (C=O) groups is 3. The summed E-state index contributed by atoms with van der Waals surface area (Å²) in [5.74, 6) is -0.138. The summed E-state index contributed by atoms with van der Waals surface area (Å²) in [6.45, 7) is 13.0. The van der Waals surface area contributed by atoms with Crippen LogP contribution in [0.5, 0.6) is 5.75 Å². The monoisotopic (exact) mass is 586 g/mol. The van der Waals surface area contributed by atoms with Gasteiger partial charge in [-0.1, -0.05) is 46.8 Å². The molecule has 1 aromatic carbocycles. The van der Waals surface area contributed by atoms with Crippen LogP contribution in [0.2, 0.25) is 0 Å². The largest absolute Gasteiger partial charge is 0.493 e. The fourth-order valence-corrected chi connectivity index (χ4v) is 5.78. The maximum absolute atomic E-state index is 14.4. The highest BCUT2D eigenvalue weighted by atomic mass is 32.1. The van der Waals surface area contributed by atoms with Gasteiger partial charge < -0.3 is 20.3 Å². The zero-order valence-electron chi connectivity index (χ0n) is 25.0. The number of nitrogens with zero attached hydrogens (tertiary/aromatic N) is 2. The molecule has 2 heterocycles. The van der Waals surface area contributed by atoms with E-state index in [0.717, 1.165) is 28.1 Å². The molecule has 8 nitrogen and oxygen atoms in total. The number of rotatable bonds is 11. The molecule has 1 aliphatic heterocycles. The molecule has 2 aromatic rings. The summed E-state index contributed by atoms with van der Waals surface area (Å²) in [5, 5.41) is 5.67. The number of alkyl halides is 1. The van der Waals surface area contributed by atoms with Gasteiger partial charge in [-0.15, -0.1) is 11.3 Å². The molecule has 2 aliphatic rings. The third-order valence-electron chi connectivity index (χ3n) is 7.80. The van der Waals surface area contributed by atoms with Gasteiger partial charge in [0.1, 0.15) is 17.8 Å². The number of aryl methyl sites for hydroxylation is 1. The van der Waals surface area contributed by atoms with E-state index in [-0.39, 0.29) is 31.2 Å². The minimum Gasteiger partial charge on any atom is -0.493 e. The Bertz CT molecular complexity index is 1270. The van der Waals surface area contributed by atoms with Crippen LogP contribution >= 0.6 is 11.3 Å². The van der Waals surface area contributed by atoms with Crippen LogP contribution in [0.25, 0.3) is 10.4 Å². The second-order valence-corrected chi connectivity index (χ2v) is 13.6. The second-order valence-electron chi connectivity index (χ2n) is 12.8. The molecule has 1 aliphatic carbocycles. The molecule has 224 valence electrons. The van der Waals surface area contributed by atoms with Crippen LogP contribution < -0.4 is 15.4 Å². The van der Waals surface area contributed by atoms with E-state index in [1.807, 2.05) is 51.4 Å². The standard InChI is InChI=1S/C31H43FN4O4S/c1-19(2)11-15-40-24-16-21(25-20(3)34-18-41-25)9-10-22(24)17-33-27(37)23-8-7-14-36(23)28(38)26(30(4,5)6)35-29(39)31(32)12-13-31/h9-10,16,18-19,23,26H,7-8,11-15,17H2,1-6H3,(H,33,37)(H,35,39). The lowest BCUT2D eigenvalue weighted by Gasteiger charge is -2.35. The molecule has 0 bridgehead atoms. The third kappa shape index (κ3) is 7.45. The molecule has 0 spiro atoms. The lowest BCUT2D eigenvalue weighted by atomic mass is 9.85. The number of aromatic nitrogens is 1. The quantitative estimate of drug-likeness (QED) is 0.378. The molecule has 1 saturated carbocycles.